The van der Waals surface area contributed by atoms with E-state index in [-0.39, 0.29) is 19.3 Å². The van der Waals surface area contributed by atoms with E-state index in [4.69, 9.17) is 14.2 Å². The lowest BCUT2D eigenvalue weighted by Crippen LogP contribution is -2.62. The van der Waals surface area contributed by atoms with Crippen LogP contribution in [-0.4, -0.2) is 59.0 Å². The molecule has 1 unspecified atom stereocenters. The van der Waals surface area contributed by atoms with E-state index in [2.05, 4.69) is 5.32 Å². The Morgan fingerprint density at radius 2 is 1.59 bits per heavy atom. The van der Waals surface area contributed by atoms with Crippen molar-refractivity contribution in [3.05, 3.63) is 59.2 Å². The Balaban J connectivity index is 1.91. The number of amides is 2. The van der Waals surface area contributed by atoms with Crippen molar-refractivity contribution in [1.29, 1.82) is 0 Å². The van der Waals surface area contributed by atoms with Crippen LogP contribution in [-0.2, 0) is 9.53 Å². The number of aliphatic hydroxyl groups excluding tert-OH is 1. The van der Waals surface area contributed by atoms with Gasteiger partial charge in [0.1, 0.15) is 17.0 Å². The predicted octanol–water partition coefficient (Wildman–Crippen LogP) is 5.40. The van der Waals surface area contributed by atoms with Crippen LogP contribution in [0, 0.1) is 0 Å². The number of aliphatic hydroxyl groups is 1. The van der Waals surface area contributed by atoms with Gasteiger partial charge in [-0.3, -0.25) is 0 Å². The van der Waals surface area contributed by atoms with Gasteiger partial charge in [-0.2, -0.15) is 0 Å². The van der Waals surface area contributed by atoms with Crippen molar-refractivity contribution in [2.45, 2.75) is 77.7 Å². The van der Waals surface area contributed by atoms with Gasteiger partial charge in [0.25, 0.3) is 0 Å². The number of carboxylic acid groups (broad SMARTS) is 1. The van der Waals surface area contributed by atoms with E-state index in [1.165, 1.54) is 0 Å². The third-order valence-electron chi connectivity index (χ3n) is 7.29. The molecule has 0 aliphatic heterocycles. The Bertz CT molecular complexity index is 1070. The smallest absolute Gasteiger partial charge is 0.329 e. The lowest BCUT2D eigenvalue weighted by atomic mass is 9.77. The number of nitrogens with zero attached hydrogens (tertiary/aromatic N) is 1. The molecule has 1 fully saturated rings. The fourth-order valence-electron chi connectivity index (χ4n) is 4.82. The van der Waals surface area contributed by atoms with E-state index < -0.39 is 29.7 Å². The zero-order chi connectivity index (χ0) is 28.6. The van der Waals surface area contributed by atoms with Crippen LogP contribution in [0.3, 0.4) is 0 Å². The van der Waals surface area contributed by atoms with Crippen molar-refractivity contribution < 1.29 is 34.0 Å². The summed E-state index contributed by atoms with van der Waals surface area (Å²) in [6.07, 6.45) is 0.533. The zero-order valence-electron chi connectivity index (χ0n) is 23.6. The molecule has 0 aromatic heterocycles. The molecule has 0 radical (unpaired) electrons. The maximum absolute atomic E-state index is 13.6. The number of aliphatic carboxylic acids is 1. The second kappa shape index (κ2) is 13.7. The van der Waals surface area contributed by atoms with Crippen LogP contribution >= 0.6 is 0 Å². The molecule has 3 atom stereocenters. The molecule has 0 saturated heterocycles. The standard InChI is InChI=1S/C30H42N2O7/c1-6-37-25-18-24(19-26(38-7-2)27(25)21(4)33)20(3)32(29(36)31-30(28(34)35)14-11-15-30)16-17-39-22(5)23-12-9-8-10-13-23/h8-10,12-13,18-22,33H,6-7,11,14-17H2,1-5H3,(H,31,36)(H,34,35)/t20-,21?,22+/m1/s1. The summed E-state index contributed by atoms with van der Waals surface area (Å²) >= 11 is 0. The maximum Gasteiger partial charge on any atom is 0.329 e. The quantitative estimate of drug-likeness (QED) is 0.293. The fraction of sp³-hybridized carbons (Fsp3) is 0.533. The lowest BCUT2D eigenvalue weighted by molar-refractivity contribution is -0.148. The van der Waals surface area contributed by atoms with Crippen molar-refractivity contribution in [2.24, 2.45) is 0 Å². The van der Waals surface area contributed by atoms with E-state index in [9.17, 15) is 19.8 Å². The molecule has 214 valence electrons. The van der Waals surface area contributed by atoms with Crippen molar-refractivity contribution in [3.8, 4) is 11.5 Å². The van der Waals surface area contributed by atoms with Crippen molar-refractivity contribution in [1.82, 2.24) is 10.2 Å². The summed E-state index contributed by atoms with van der Waals surface area (Å²) in [4.78, 5) is 27.2. The number of nitrogens with one attached hydrogen (secondary N) is 1. The molecule has 2 aromatic rings. The Morgan fingerprint density at radius 1 is 1.00 bits per heavy atom. The van der Waals surface area contributed by atoms with Crippen LogP contribution in [0.2, 0.25) is 0 Å². The molecular weight excluding hydrogens is 500 g/mol. The highest BCUT2D eigenvalue weighted by Crippen LogP contribution is 2.39. The molecular formula is C30H42N2O7. The van der Waals surface area contributed by atoms with Gasteiger partial charge in [-0.15, -0.1) is 0 Å². The van der Waals surface area contributed by atoms with E-state index in [0.717, 1.165) is 17.5 Å². The summed E-state index contributed by atoms with van der Waals surface area (Å²) in [5, 5.41) is 23.0. The summed E-state index contributed by atoms with van der Waals surface area (Å²) in [5.74, 6) is -0.0617. The number of urea groups is 1. The largest absolute Gasteiger partial charge is 0.493 e. The van der Waals surface area contributed by atoms with Crippen LogP contribution in [0.1, 0.15) is 88.8 Å². The number of carbonyl (C=O) groups is 2. The van der Waals surface area contributed by atoms with E-state index in [1.54, 1.807) is 11.8 Å². The van der Waals surface area contributed by atoms with Crippen molar-refractivity contribution in [2.75, 3.05) is 26.4 Å². The SMILES string of the molecule is CCOc1cc([C@@H](C)N(CCO[C@@H](C)c2ccccc2)C(=O)NC2(C(=O)O)CCC2)cc(OCC)c1C(C)O. The molecule has 9 nitrogen and oxygen atoms in total. The Labute approximate surface area is 231 Å². The van der Waals surface area contributed by atoms with Crippen LogP contribution < -0.4 is 14.8 Å². The summed E-state index contributed by atoms with van der Waals surface area (Å²) in [7, 11) is 0. The molecule has 2 aromatic carbocycles. The van der Waals surface area contributed by atoms with Gasteiger partial charge in [0.05, 0.1) is 43.6 Å². The Kier molecular flexibility index (Phi) is 10.6. The normalized spacial score (nSPS) is 16.4. The molecule has 0 bridgehead atoms. The summed E-state index contributed by atoms with van der Waals surface area (Å²) in [5.41, 5.74) is 1.05. The first-order valence-electron chi connectivity index (χ1n) is 13.7. The summed E-state index contributed by atoms with van der Waals surface area (Å²) in [6, 6.07) is 12.5. The number of benzene rings is 2. The number of carboxylic acids is 1. The van der Waals surface area contributed by atoms with Gasteiger partial charge in [0.2, 0.25) is 0 Å². The van der Waals surface area contributed by atoms with Crippen LogP contribution in [0.5, 0.6) is 11.5 Å². The zero-order valence-corrected chi connectivity index (χ0v) is 23.6. The first kappa shape index (κ1) is 30.2. The second-order valence-electron chi connectivity index (χ2n) is 9.94. The highest BCUT2D eigenvalue weighted by atomic mass is 16.5. The van der Waals surface area contributed by atoms with E-state index in [0.29, 0.717) is 43.1 Å². The molecule has 0 spiro atoms. The molecule has 3 N–H and O–H groups in total. The molecule has 1 aliphatic carbocycles. The predicted molar refractivity (Wildman–Crippen MR) is 148 cm³/mol. The third-order valence-corrected chi connectivity index (χ3v) is 7.29. The average molecular weight is 543 g/mol. The van der Waals surface area contributed by atoms with Crippen LogP contribution in [0.15, 0.2) is 42.5 Å². The minimum Gasteiger partial charge on any atom is -0.493 e. The average Bonchev–Trinajstić information content (AvgIpc) is 2.88. The molecule has 9 heteroatoms. The number of hydrogen-bond donors (Lipinski definition) is 3. The molecule has 3 rings (SSSR count). The number of hydrogen-bond acceptors (Lipinski definition) is 6. The van der Waals surface area contributed by atoms with E-state index in [1.807, 2.05) is 70.2 Å². The van der Waals surface area contributed by atoms with Crippen molar-refractivity contribution >= 4 is 12.0 Å². The molecule has 1 aliphatic rings. The van der Waals surface area contributed by atoms with Gasteiger partial charge < -0.3 is 34.6 Å². The first-order valence-corrected chi connectivity index (χ1v) is 13.7. The van der Waals surface area contributed by atoms with Gasteiger partial charge in [0, 0.05) is 6.54 Å². The Hall–Kier alpha value is -3.30. The molecule has 0 heterocycles. The number of ether oxygens (including phenoxy) is 3. The van der Waals surface area contributed by atoms with Gasteiger partial charge in [0.15, 0.2) is 0 Å². The monoisotopic (exact) mass is 542 g/mol. The minimum absolute atomic E-state index is 0.178. The lowest BCUT2D eigenvalue weighted by Gasteiger charge is -2.41. The van der Waals surface area contributed by atoms with Gasteiger partial charge >= 0.3 is 12.0 Å². The first-order chi connectivity index (χ1) is 18.6. The highest BCUT2D eigenvalue weighted by molar-refractivity contribution is 5.87. The molecule has 39 heavy (non-hydrogen) atoms. The molecule has 2 amide bonds. The fourth-order valence-corrected chi connectivity index (χ4v) is 4.82. The maximum atomic E-state index is 13.6. The summed E-state index contributed by atoms with van der Waals surface area (Å²) < 4.78 is 17.8. The van der Waals surface area contributed by atoms with Crippen LogP contribution in [0.25, 0.3) is 0 Å². The van der Waals surface area contributed by atoms with Crippen molar-refractivity contribution in [3.63, 3.8) is 0 Å². The number of rotatable bonds is 14. The molecule has 1 saturated carbocycles. The van der Waals surface area contributed by atoms with Gasteiger partial charge in [-0.1, -0.05) is 30.3 Å². The van der Waals surface area contributed by atoms with Gasteiger partial charge in [-0.25, -0.2) is 9.59 Å². The van der Waals surface area contributed by atoms with Gasteiger partial charge in [-0.05, 0) is 77.1 Å². The minimum atomic E-state index is -1.25. The highest BCUT2D eigenvalue weighted by Gasteiger charge is 2.46. The van der Waals surface area contributed by atoms with E-state index >= 15 is 0 Å². The summed E-state index contributed by atoms with van der Waals surface area (Å²) in [6.45, 7) is 10.4. The third kappa shape index (κ3) is 7.22. The number of carbonyl (C=O) groups excluding carboxylic acids is 1. The second-order valence-corrected chi connectivity index (χ2v) is 9.94. The Morgan fingerprint density at radius 3 is 2.05 bits per heavy atom. The topological polar surface area (TPSA) is 118 Å². The van der Waals surface area contributed by atoms with Crippen LogP contribution in [0.4, 0.5) is 4.79 Å².